The van der Waals surface area contributed by atoms with E-state index in [2.05, 4.69) is 5.32 Å². The van der Waals surface area contributed by atoms with E-state index >= 15 is 0 Å². The third kappa shape index (κ3) is 3.44. The monoisotopic (exact) mass is 252 g/mol. The number of carbonyl (C=O) groups is 1. The van der Waals surface area contributed by atoms with E-state index < -0.39 is 16.9 Å². The first-order valence-corrected chi connectivity index (χ1v) is 5.69. The van der Waals surface area contributed by atoms with Crippen LogP contribution in [-0.4, -0.2) is 22.0 Å². The summed E-state index contributed by atoms with van der Waals surface area (Å²) in [6.07, 6.45) is 0.733. The highest BCUT2D eigenvalue weighted by atomic mass is 16.6. The number of rotatable bonds is 6. The molecule has 6 nitrogen and oxygen atoms in total. The quantitative estimate of drug-likeness (QED) is 0.599. The molecule has 1 aromatic carbocycles. The Morgan fingerprint density at radius 1 is 1.44 bits per heavy atom. The molecule has 0 amide bonds. The summed E-state index contributed by atoms with van der Waals surface area (Å²) in [5, 5.41) is 22.5. The molecular weight excluding hydrogens is 236 g/mol. The Labute approximate surface area is 105 Å². The van der Waals surface area contributed by atoms with Crippen LogP contribution in [0.15, 0.2) is 24.3 Å². The van der Waals surface area contributed by atoms with Gasteiger partial charge in [-0.25, -0.2) is 4.79 Å². The molecule has 0 heterocycles. The van der Waals surface area contributed by atoms with Gasteiger partial charge in [0.2, 0.25) is 0 Å². The number of hydrogen-bond acceptors (Lipinski definition) is 4. The lowest BCUT2D eigenvalue weighted by atomic mass is 9.99. The number of hydrogen-bond donors (Lipinski definition) is 2. The molecule has 0 aliphatic heterocycles. The summed E-state index contributed by atoms with van der Waals surface area (Å²) < 4.78 is 0. The van der Waals surface area contributed by atoms with Crippen molar-refractivity contribution in [3.8, 4) is 0 Å². The zero-order valence-electron chi connectivity index (χ0n) is 10.3. The van der Waals surface area contributed by atoms with Crippen molar-refractivity contribution in [2.75, 3.05) is 5.32 Å². The van der Waals surface area contributed by atoms with Crippen LogP contribution in [0.5, 0.6) is 0 Å². The van der Waals surface area contributed by atoms with Gasteiger partial charge in [-0.1, -0.05) is 20.3 Å². The van der Waals surface area contributed by atoms with Crippen molar-refractivity contribution in [3.05, 3.63) is 34.4 Å². The van der Waals surface area contributed by atoms with Gasteiger partial charge in [-0.2, -0.15) is 0 Å². The van der Waals surface area contributed by atoms with Crippen LogP contribution >= 0.6 is 0 Å². The molecule has 2 atom stereocenters. The number of nitro groups is 1. The number of non-ortho nitro benzene ring substituents is 1. The number of aliphatic carboxylic acids is 1. The van der Waals surface area contributed by atoms with E-state index in [0.29, 0.717) is 5.69 Å². The molecule has 0 aliphatic carbocycles. The molecule has 98 valence electrons. The minimum Gasteiger partial charge on any atom is -0.480 e. The molecule has 1 aromatic rings. The lowest BCUT2D eigenvalue weighted by Gasteiger charge is -2.21. The number of nitrogens with zero attached hydrogens (tertiary/aromatic N) is 1. The van der Waals surface area contributed by atoms with E-state index in [1.807, 2.05) is 13.8 Å². The molecular formula is C12H16N2O4. The molecule has 0 unspecified atom stereocenters. The number of nitro benzene ring substituents is 1. The van der Waals surface area contributed by atoms with Gasteiger partial charge in [0.1, 0.15) is 6.04 Å². The molecule has 1 rings (SSSR count). The lowest BCUT2D eigenvalue weighted by Crippen LogP contribution is -2.35. The van der Waals surface area contributed by atoms with Crippen molar-refractivity contribution in [1.82, 2.24) is 0 Å². The molecule has 0 bridgehead atoms. The van der Waals surface area contributed by atoms with Crippen LogP contribution in [0, 0.1) is 16.0 Å². The Kier molecular flexibility index (Phi) is 4.65. The Hall–Kier alpha value is -2.11. The molecule has 0 radical (unpaired) electrons. The highest BCUT2D eigenvalue weighted by Gasteiger charge is 2.23. The molecule has 0 aromatic heterocycles. The maximum absolute atomic E-state index is 11.1. The van der Waals surface area contributed by atoms with Gasteiger partial charge in [0.05, 0.1) is 4.92 Å². The van der Waals surface area contributed by atoms with Crippen molar-refractivity contribution in [1.29, 1.82) is 0 Å². The van der Waals surface area contributed by atoms with E-state index in [0.717, 1.165) is 6.42 Å². The third-order valence-electron chi connectivity index (χ3n) is 2.88. The van der Waals surface area contributed by atoms with Crippen LogP contribution in [0.25, 0.3) is 0 Å². The average Bonchev–Trinajstić information content (AvgIpc) is 2.35. The minimum absolute atomic E-state index is 0.0176. The van der Waals surface area contributed by atoms with Crippen LogP contribution in [-0.2, 0) is 4.79 Å². The third-order valence-corrected chi connectivity index (χ3v) is 2.88. The maximum Gasteiger partial charge on any atom is 0.326 e. The zero-order chi connectivity index (χ0) is 13.7. The van der Waals surface area contributed by atoms with Crippen LogP contribution < -0.4 is 5.32 Å². The van der Waals surface area contributed by atoms with Gasteiger partial charge < -0.3 is 10.4 Å². The Balaban J connectivity index is 2.81. The highest BCUT2D eigenvalue weighted by Crippen LogP contribution is 2.19. The summed E-state index contributed by atoms with van der Waals surface area (Å²) in [7, 11) is 0. The summed E-state index contributed by atoms with van der Waals surface area (Å²) in [5.41, 5.74) is 0.546. The summed E-state index contributed by atoms with van der Waals surface area (Å²) in [6.45, 7) is 3.76. The van der Waals surface area contributed by atoms with Gasteiger partial charge in [0, 0.05) is 17.8 Å². The largest absolute Gasteiger partial charge is 0.480 e. The number of anilines is 1. The lowest BCUT2D eigenvalue weighted by molar-refractivity contribution is -0.384. The van der Waals surface area contributed by atoms with Crippen molar-refractivity contribution in [2.24, 2.45) is 5.92 Å². The van der Waals surface area contributed by atoms with Gasteiger partial charge in [0.15, 0.2) is 0 Å². The van der Waals surface area contributed by atoms with Gasteiger partial charge >= 0.3 is 5.97 Å². The van der Waals surface area contributed by atoms with Gasteiger partial charge in [-0.05, 0) is 18.1 Å². The van der Waals surface area contributed by atoms with Gasteiger partial charge in [-0.3, -0.25) is 10.1 Å². The van der Waals surface area contributed by atoms with Crippen LogP contribution in [0.3, 0.4) is 0 Å². The number of nitrogens with one attached hydrogen (secondary N) is 1. The van der Waals surface area contributed by atoms with Crippen LogP contribution in [0.4, 0.5) is 11.4 Å². The van der Waals surface area contributed by atoms with Gasteiger partial charge in [-0.15, -0.1) is 0 Å². The van der Waals surface area contributed by atoms with E-state index in [-0.39, 0.29) is 11.6 Å². The normalized spacial score (nSPS) is 13.7. The molecule has 0 fully saturated rings. The fraction of sp³-hybridized carbons (Fsp3) is 0.417. The average molecular weight is 252 g/mol. The van der Waals surface area contributed by atoms with Crippen LogP contribution in [0.2, 0.25) is 0 Å². The van der Waals surface area contributed by atoms with Crippen molar-refractivity contribution in [3.63, 3.8) is 0 Å². The predicted molar refractivity (Wildman–Crippen MR) is 67.6 cm³/mol. The second-order valence-electron chi connectivity index (χ2n) is 4.15. The first-order valence-electron chi connectivity index (χ1n) is 5.69. The smallest absolute Gasteiger partial charge is 0.326 e. The fourth-order valence-corrected chi connectivity index (χ4v) is 1.54. The van der Waals surface area contributed by atoms with Crippen molar-refractivity contribution < 1.29 is 14.8 Å². The zero-order valence-corrected chi connectivity index (χ0v) is 10.3. The fourth-order valence-electron chi connectivity index (χ4n) is 1.54. The molecule has 0 spiro atoms. The van der Waals surface area contributed by atoms with E-state index in [1.165, 1.54) is 24.3 Å². The topological polar surface area (TPSA) is 92.5 Å². The Bertz CT molecular complexity index is 430. The second kappa shape index (κ2) is 6.00. The number of benzene rings is 1. The second-order valence-corrected chi connectivity index (χ2v) is 4.15. The molecule has 18 heavy (non-hydrogen) atoms. The van der Waals surface area contributed by atoms with Crippen LogP contribution in [0.1, 0.15) is 20.3 Å². The molecule has 0 saturated carbocycles. The summed E-state index contributed by atoms with van der Waals surface area (Å²) in [5.74, 6) is -0.958. The highest BCUT2D eigenvalue weighted by molar-refractivity contribution is 5.77. The standard InChI is InChI=1S/C12H16N2O4/c1-3-8(2)11(12(15)16)13-9-4-6-10(7-5-9)14(17)18/h4-8,11,13H,3H2,1-2H3,(H,15,16)/t8-,11-/m0/s1. The van der Waals surface area contributed by atoms with Crippen molar-refractivity contribution in [2.45, 2.75) is 26.3 Å². The van der Waals surface area contributed by atoms with Crippen molar-refractivity contribution >= 4 is 17.3 Å². The Morgan fingerprint density at radius 3 is 2.39 bits per heavy atom. The number of carboxylic acid groups (broad SMARTS) is 1. The minimum atomic E-state index is -0.928. The van der Waals surface area contributed by atoms with E-state index in [4.69, 9.17) is 5.11 Å². The number of carboxylic acids is 1. The summed E-state index contributed by atoms with van der Waals surface area (Å²) in [6, 6.07) is 5.01. The molecule has 6 heteroatoms. The predicted octanol–water partition coefficient (Wildman–Crippen LogP) is 2.51. The van der Waals surface area contributed by atoms with E-state index in [9.17, 15) is 14.9 Å². The molecule has 2 N–H and O–H groups in total. The SMILES string of the molecule is CC[C@H](C)[C@H](Nc1ccc([N+](=O)[O-])cc1)C(=O)O. The molecule has 0 saturated heterocycles. The maximum atomic E-state index is 11.1. The van der Waals surface area contributed by atoms with E-state index in [1.54, 1.807) is 0 Å². The molecule has 0 aliphatic rings. The first-order chi connectivity index (χ1) is 8.45. The first kappa shape index (κ1) is 14.0. The van der Waals surface area contributed by atoms with Gasteiger partial charge in [0.25, 0.3) is 5.69 Å². The summed E-state index contributed by atoms with van der Waals surface area (Å²) >= 11 is 0. The summed E-state index contributed by atoms with van der Waals surface area (Å²) in [4.78, 5) is 21.1. The Morgan fingerprint density at radius 2 is 2.00 bits per heavy atom.